The van der Waals surface area contributed by atoms with E-state index < -0.39 is 0 Å². The number of ether oxygens (including phenoxy) is 2. The number of anilines is 1. The molecule has 1 amide bonds. The molecule has 0 bridgehead atoms. The minimum absolute atomic E-state index is 0.211. The Kier molecular flexibility index (Phi) is 5.74. The van der Waals surface area contributed by atoms with Crippen LogP contribution in [0.3, 0.4) is 0 Å². The van der Waals surface area contributed by atoms with E-state index in [0.717, 1.165) is 11.3 Å². The maximum atomic E-state index is 12.8. The summed E-state index contributed by atoms with van der Waals surface area (Å²) in [5, 5.41) is 3.31. The lowest BCUT2D eigenvalue weighted by Crippen LogP contribution is -2.30. The van der Waals surface area contributed by atoms with Crippen LogP contribution < -0.4 is 19.7 Å². The molecule has 0 radical (unpaired) electrons. The summed E-state index contributed by atoms with van der Waals surface area (Å²) in [7, 11) is 0. The molecule has 1 fully saturated rings. The fourth-order valence-electron chi connectivity index (χ4n) is 2.58. The van der Waals surface area contributed by atoms with E-state index in [-0.39, 0.29) is 12.5 Å². The van der Waals surface area contributed by atoms with E-state index >= 15 is 0 Å². The van der Waals surface area contributed by atoms with Crippen LogP contribution in [-0.2, 0) is 4.79 Å². The first-order chi connectivity index (χ1) is 13.1. The van der Waals surface area contributed by atoms with Gasteiger partial charge in [0.05, 0.1) is 12.3 Å². The summed E-state index contributed by atoms with van der Waals surface area (Å²) in [6.45, 7) is 2.72. The number of hydrogen-bond donors (Lipinski definition) is 1. The lowest BCUT2D eigenvalue weighted by Gasteiger charge is -2.14. The summed E-state index contributed by atoms with van der Waals surface area (Å²) in [4.78, 5) is 14.2. The molecule has 1 N–H and O–H groups in total. The molecule has 3 rings (SSSR count). The Labute approximate surface area is 163 Å². The third-order valence-corrected chi connectivity index (χ3v) is 4.08. The number of rotatable bonds is 6. The van der Waals surface area contributed by atoms with E-state index in [9.17, 15) is 4.79 Å². The Hall–Kier alpha value is -3.30. The molecule has 0 aromatic heterocycles. The van der Waals surface area contributed by atoms with Gasteiger partial charge in [0.15, 0.2) is 5.11 Å². The van der Waals surface area contributed by atoms with Crippen molar-refractivity contribution >= 4 is 35.0 Å². The van der Waals surface area contributed by atoms with E-state index in [0.29, 0.717) is 28.9 Å². The van der Waals surface area contributed by atoms with Gasteiger partial charge >= 0.3 is 0 Å². The molecule has 0 aliphatic carbocycles. The molecule has 5 nitrogen and oxygen atoms in total. The lowest BCUT2D eigenvalue weighted by molar-refractivity contribution is -0.113. The monoisotopic (exact) mass is 378 g/mol. The molecule has 1 saturated heterocycles. The van der Waals surface area contributed by atoms with Crippen molar-refractivity contribution in [2.45, 2.75) is 6.92 Å². The zero-order valence-electron chi connectivity index (χ0n) is 14.8. The minimum Gasteiger partial charge on any atom is -0.494 e. The standard InChI is InChI=1S/C21H18N2O3S/c1-3-13-26-18-9-5-15(6-10-18)14-19-20(24)23(21(27)22-19)16-7-11-17(12-8-16)25-4-2/h1,5-12,14H,4,13H2,2H3,(H,22,27)/b19-14-. The predicted molar refractivity (Wildman–Crippen MR) is 110 cm³/mol. The van der Waals surface area contributed by atoms with Gasteiger partial charge in [-0.2, -0.15) is 0 Å². The lowest BCUT2D eigenvalue weighted by atomic mass is 10.2. The molecule has 0 atom stereocenters. The van der Waals surface area contributed by atoms with Crippen LogP contribution in [0.5, 0.6) is 11.5 Å². The number of carbonyl (C=O) groups excluding carboxylic acids is 1. The van der Waals surface area contributed by atoms with Gasteiger partial charge in [-0.1, -0.05) is 18.1 Å². The van der Waals surface area contributed by atoms with E-state index in [1.165, 1.54) is 4.90 Å². The van der Waals surface area contributed by atoms with Crippen molar-refractivity contribution in [1.82, 2.24) is 5.32 Å². The molecule has 27 heavy (non-hydrogen) atoms. The van der Waals surface area contributed by atoms with Crippen LogP contribution in [0.15, 0.2) is 54.2 Å². The van der Waals surface area contributed by atoms with Crippen LogP contribution in [-0.4, -0.2) is 24.2 Å². The summed E-state index contributed by atoms with van der Waals surface area (Å²) < 4.78 is 10.8. The number of amides is 1. The normalized spacial score (nSPS) is 14.8. The van der Waals surface area contributed by atoms with Crippen molar-refractivity contribution in [2.24, 2.45) is 0 Å². The van der Waals surface area contributed by atoms with Gasteiger partial charge in [-0.15, -0.1) is 6.42 Å². The van der Waals surface area contributed by atoms with Crippen LogP contribution in [0, 0.1) is 12.3 Å². The van der Waals surface area contributed by atoms with E-state index in [1.54, 1.807) is 30.3 Å². The second-order valence-corrected chi connectivity index (χ2v) is 6.00. The van der Waals surface area contributed by atoms with Gasteiger partial charge in [0.2, 0.25) is 0 Å². The molecular formula is C21H18N2O3S. The first kappa shape index (κ1) is 18.5. The van der Waals surface area contributed by atoms with Crippen molar-refractivity contribution in [1.29, 1.82) is 0 Å². The fourth-order valence-corrected chi connectivity index (χ4v) is 2.88. The maximum absolute atomic E-state index is 12.8. The van der Waals surface area contributed by atoms with Crippen molar-refractivity contribution in [2.75, 3.05) is 18.1 Å². The molecule has 1 heterocycles. The highest BCUT2D eigenvalue weighted by Crippen LogP contribution is 2.25. The van der Waals surface area contributed by atoms with Gasteiger partial charge in [0, 0.05) is 0 Å². The van der Waals surface area contributed by atoms with Crippen LogP contribution >= 0.6 is 12.2 Å². The number of terminal acetylenes is 1. The zero-order chi connectivity index (χ0) is 19.2. The Balaban J connectivity index is 1.77. The predicted octanol–water partition coefficient (Wildman–Crippen LogP) is 3.36. The first-order valence-corrected chi connectivity index (χ1v) is 8.79. The van der Waals surface area contributed by atoms with Gasteiger partial charge < -0.3 is 14.8 Å². The highest BCUT2D eigenvalue weighted by Gasteiger charge is 2.31. The number of carbonyl (C=O) groups is 1. The Morgan fingerprint density at radius 3 is 2.37 bits per heavy atom. The van der Waals surface area contributed by atoms with Gasteiger partial charge in [-0.25, -0.2) is 0 Å². The molecule has 6 heteroatoms. The topological polar surface area (TPSA) is 50.8 Å². The Morgan fingerprint density at radius 1 is 1.11 bits per heavy atom. The second kappa shape index (κ2) is 8.39. The SMILES string of the molecule is C#CCOc1ccc(/C=C2\NC(=S)N(c3ccc(OCC)cc3)C2=O)cc1. The molecule has 136 valence electrons. The third kappa shape index (κ3) is 4.27. The summed E-state index contributed by atoms with van der Waals surface area (Å²) in [5.74, 6) is 3.62. The molecule has 1 aliphatic rings. The molecule has 0 spiro atoms. The van der Waals surface area contributed by atoms with Crippen molar-refractivity contribution < 1.29 is 14.3 Å². The largest absolute Gasteiger partial charge is 0.494 e. The molecule has 1 aliphatic heterocycles. The zero-order valence-corrected chi connectivity index (χ0v) is 15.6. The average Bonchev–Trinajstić information content (AvgIpc) is 2.95. The quantitative estimate of drug-likeness (QED) is 0.475. The molecule has 0 unspecified atom stereocenters. The van der Waals surface area contributed by atoms with Crippen LogP contribution in [0.2, 0.25) is 0 Å². The molecular weight excluding hydrogens is 360 g/mol. The summed E-state index contributed by atoms with van der Waals surface area (Å²) >= 11 is 5.33. The van der Waals surface area contributed by atoms with Crippen molar-refractivity contribution in [3.8, 4) is 23.8 Å². The van der Waals surface area contributed by atoms with Crippen LogP contribution in [0.25, 0.3) is 6.08 Å². The van der Waals surface area contributed by atoms with Gasteiger partial charge in [-0.3, -0.25) is 9.69 Å². The van der Waals surface area contributed by atoms with Gasteiger partial charge in [0.1, 0.15) is 23.8 Å². The highest BCUT2D eigenvalue weighted by atomic mass is 32.1. The maximum Gasteiger partial charge on any atom is 0.281 e. The number of nitrogens with zero attached hydrogens (tertiary/aromatic N) is 1. The summed E-state index contributed by atoms with van der Waals surface area (Å²) in [5.41, 5.74) is 1.93. The Bertz CT molecular complexity index is 912. The fraction of sp³-hybridized carbons (Fsp3) is 0.143. The number of hydrogen-bond acceptors (Lipinski definition) is 4. The highest BCUT2D eigenvalue weighted by molar-refractivity contribution is 7.80. The van der Waals surface area contributed by atoms with Crippen molar-refractivity contribution in [3.05, 3.63) is 59.8 Å². The first-order valence-electron chi connectivity index (χ1n) is 8.38. The van der Waals surface area contributed by atoms with Crippen LogP contribution in [0.1, 0.15) is 12.5 Å². The third-order valence-electron chi connectivity index (χ3n) is 3.80. The second-order valence-electron chi connectivity index (χ2n) is 5.62. The minimum atomic E-state index is -0.211. The number of nitrogens with one attached hydrogen (secondary N) is 1. The average molecular weight is 378 g/mol. The molecule has 2 aromatic carbocycles. The van der Waals surface area contributed by atoms with E-state index in [2.05, 4.69) is 11.2 Å². The van der Waals surface area contributed by atoms with E-state index in [4.69, 9.17) is 28.1 Å². The van der Waals surface area contributed by atoms with Gasteiger partial charge in [-0.05, 0) is 67.2 Å². The summed E-state index contributed by atoms with van der Waals surface area (Å²) in [6.07, 6.45) is 6.92. The number of thiocarbonyl (C=S) groups is 1. The van der Waals surface area contributed by atoms with Crippen molar-refractivity contribution in [3.63, 3.8) is 0 Å². The summed E-state index contributed by atoms with van der Waals surface area (Å²) in [6, 6.07) is 14.5. The smallest absolute Gasteiger partial charge is 0.281 e. The van der Waals surface area contributed by atoms with Gasteiger partial charge in [0.25, 0.3) is 5.91 Å². The molecule has 2 aromatic rings. The van der Waals surface area contributed by atoms with E-state index in [1.807, 2.05) is 31.2 Å². The molecule has 0 saturated carbocycles. The Morgan fingerprint density at radius 2 is 1.74 bits per heavy atom. The number of benzene rings is 2. The van der Waals surface area contributed by atoms with Crippen LogP contribution in [0.4, 0.5) is 5.69 Å².